The van der Waals surface area contributed by atoms with Crippen molar-refractivity contribution in [3.8, 4) is 11.5 Å². The van der Waals surface area contributed by atoms with Crippen molar-refractivity contribution < 1.29 is 14.3 Å². The Morgan fingerprint density at radius 2 is 1.75 bits per heavy atom. The molecule has 0 aromatic heterocycles. The summed E-state index contributed by atoms with van der Waals surface area (Å²) >= 11 is 0. The molecule has 0 radical (unpaired) electrons. The molecule has 2 amide bonds. The molecule has 2 rings (SSSR count). The summed E-state index contributed by atoms with van der Waals surface area (Å²) in [4.78, 5) is 12.2. The molecule has 2 aromatic rings. The predicted molar refractivity (Wildman–Crippen MR) is 96.0 cm³/mol. The molecule has 0 saturated heterocycles. The standard InChI is InChI=1S/C19H24N2O3/c1-5-15-8-6-7-13(2)18(15)21-19(22)20-12-14-9-16(23-3)11-17(10-14)24-4/h6-11H,5,12H2,1-4H3,(H2,20,21,22). The fourth-order valence-electron chi connectivity index (χ4n) is 2.51. The quantitative estimate of drug-likeness (QED) is 0.845. The van der Waals surface area contributed by atoms with E-state index in [-0.39, 0.29) is 6.03 Å². The monoisotopic (exact) mass is 328 g/mol. The summed E-state index contributed by atoms with van der Waals surface area (Å²) in [6.07, 6.45) is 0.865. The van der Waals surface area contributed by atoms with Crippen molar-refractivity contribution in [3.05, 3.63) is 53.1 Å². The number of rotatable bonds is 6. The summed E-state index contributed by atoms with van der Waals surface area (Å²) in [5, 5.41) is 5.81. The van der Waals surface area contributed by atoms with Gasteiger partial charge >= 0.3 is 6.03 Å². The lowest BCUT2D eigenvalue weighted by Crippen LogP contribution is -2.29. The number of para-hydroxylation sites is 1. The maximum absolute atomic E-state index is 12.2. The Labute approximate surface area is 143 Å². The smallest absolute Gasteiger partial charge is 0.319 e. The normalized spacial score (nSPS) is 10.2. The summed E-state index contributed by atoms with van der Waals surface area (Å²) in [5.74, 6) is 1.39. The summed E-state index contributed by atoms with van der Waals surface area (Å²) in [6.45, 7) is 4.44. The third-order valence-corrected chi connectivity index (χ3v) is 3.84. The molecule has 5 heteroatoms. The molecular weight excluding hydrogens is 304 g/mol. The first-order valence-electron chi connectivity index (χ1n) is 7.92. The largest absolute Gasteiger partial charge is 0.497 e. The first-order chi connectivity index (χ1) is 11.6. The molecule has 24 heavy (non-hydrogen) atoms. The van der Waals surface area contributed by atoms with Gasteiger partial charge in [-0.3, -0.25) is 0 Å². The predicted octanol–water partition coefficient (Wildman–Crippen LogP) is 3.90. The number of benzene rings is 2. The molecule has 128 valence electrons. The van der Waals surface area contributed by atoms with Gasteiger partial charge in [-0.25, -0.2) is 4.79 Å². The first kappa shape index (κ1) is 17.7. The lowest BCUT2D eigenvalue weighted by atomic mass is 10.1. The molecule has 0 aliphatic heterocycles. The van der Waals surface area contributed by atoms with Gasteiger partial charge in [0.25, 0.3) is 0 Å². The summed E-state index contributed by atoms with van der Waals surface area (Å²) in [5.41, 5.74) is 3.95. The van der Waals surface area contributed by atoms with Crippen molar-refractivity contribution in [2.45, 2.75) is 26.8 Å². The second-order valence-electron chi connectivity index (χ2n) is 5.49. The Hall–Kier alpha value is -2.69. The van der Waals surface area contributed by atoms with E-state index < -0.39 is 0 Å². The van der Waals surface area contributed by atoms with Gasteiger partial charge in [-0.05, 0) is 42.2 Å². The number of carbonyl (C=O) groups is 1. The number of urea groups is 1. The van der Waals surface area contributed by atoms with Crippen molar-refractivity contribution in [3.63, 3.8) is 0 Å². The highest BCUT2D eigenvalue weighted by Gasteiger charge is 2.09. The number of nitrogens with one attached hydrogen (secondary N) is 2. The molecule has 0 aliphatic rings. The van der Waals surface area contributed by atoms with Crippen LogP contribution in [0.2, 0.25) is 0 Å². The van der Waals surface area contributed by atoms with Crippen LogP contribution in [0, 0.1) is 6.92 Å². The topological polar surface area (TPSA) is 59.6 Å². The van der Waals surface area contributed by atoms with Gasteiger partial charge in [0.05, 0.1) is 14.2 Å². The summed E-state index contributed by atoms with van der Waals surface area (Å²) in [6, 6.07) is 11.3. The first-order valence-corrected chi connectivity index (χ1v) is 7.92. The van der Waals surface area contributed by atoms with E-state index in [1.807, 2.05) is 37.3 Å². The maximum atomic E-state index is 12.2. The minimum atomic E-state index is -0.235. The molecule has 5 nitrogen and oxygen atoms in total. The Bertz CT molecular complexity index is 692. The van der Waals surface area contributed by atoms with Gasteiger partial charge in [-0.15, -0.1) is 0 Å². The number of carbonyl (C=O) groups excluding carboxylic acids is 1. The Kier molecular flexibility index (Phi) is 6.07. The van der Waals surface area contributed by atoms with Crippen LogP contribution in [0.5, 0.6) is 11.5 Å². The summed E-state index contributed by atoms with van der Waals surface area (Å²) in [7, 11) is 3.20. The molecule has 2 aromatic carbocycles. The number of aryl methyl sites for hydroxylation is 2. The number of amides is 2. The van der Waals surface area contributed by atoms with Crippen LogP contribution in [0.25, 0.3) is 0 Å². The number of methoxy groups -OCH3 is 2. The lowest BCUT2D eigenvalue weighted by molar-refractivity contribution is 0.251. The van der Waals surface area contributed by atoms with Gasteiger partial charge in [0.15, 0.2) is 0 Å². The van der Waals surface area contributed by atoms with E-state index in [0.717, 1.165) is 28.8 Å². The fraction of sp³-hybridized carbons (Fsp3) is 0.316. The molecule has 0 bridgehead atoms. The highest BCUT2D eigenvalue weighted by molar-refractivity contribution is 5.91. The van der Waals surface area contributed by atoms with Crippen molar-refractivity contribution in [2.24, 2.45) is 0 Å². The molecular formula is C19H24N2O3. The SMILES string of the molecule is CCc1cccc(C)c1NC(=O)NCc1cc(OC)cc(OC)c1. The highest BCUT2D eigenvalue weighted by Crippen LogP contribution is 2.23. The minimum absolute atomic E-state index is 0.235. The average Bonchev–Trinajstić information content (AvgIpc) is 2.61. The van der Waals surface area contributed by atoms with Crippen LogP contribution in [-0.2, 0) is 13.0 Å². The zero-order chi connectivity index (χ0) is 17.5. The number of hydrogen-bond donors (Lipinski definition) is 2. The number of hydrogen-bond acceptors (Lipinski definition) is 3. The molecule has 0 unspecified atom stereocenters. The van der Waals surface area contributed by atoms with Crippen molar-refractivity contribution in [1.82, 2.24) is 5.32 Å². The fourth-order valence-corrected chi connectivity index (χ4v) is 2.51. The van der Waals surface area contributed by atoms with Crippen LogP contribution in [0.3, 0.4) is 0 Å². The Morgan fingerprint density at radius 1 is 1.08 bits per heavy atom. The second-order valence-corrected chi connectivity index (χ2v) is 5.49. The van der Waals surface area contributed by atoms with E-state index >= 15 is 0 Å². The Morgan fingerprint density at radius 3 is 2.33 bits per heavy atom. The zero-order valence-electron chi connectivity index (χ0n) is 14.6. The van der Waals surface area contributed by atoms with Crippen LogP contribution < -0.4 is 20.1 Å². The highest BCUT2D eigenvalue weighted by atomic mass is 16.5. The lowest BCUT2D eigenvalue weighted by Gasteiger charge is -2.14. The molecule has 0 atom stereocenters. The third kappa shape index (κ3) is 4.41. The van der Waals surface area contributed by atoms with Crippen LogP contribution >= 0.6 is 0 Å². The second kappa shape index (κ2) is 8.24. The van der Waals surface area contributed by atoms with Crippen molar-refractivity contribution in [1.29, 1.82) is 0 Å². The summed E-state index contributed by atoms with van der Waals surface area (Å²) < 4.78 is 10.5. The van der Waals surface area contributed by atoms with Crippen LogP contribution in [-0.4, -0.2) is 20.3 Å². The van der Waals surface area contributed by atoms with E-state index in [9.17, 15) is 4.79 Å². The molecule has 0 fully saturated rings. The van der Waals surface area contributed by atoms with E-state index in [1.165, 1.54) is 0 Å². The molecule has 0 spiro atoms. The van der Waals surface area contributed by atoms with Crippen molar-refractivity contribution in [2.75, 3.05) is 19.5 Å². The zero-order valence-corrected chi connectivity index (χ0v) is 14.6. The van der Waals surface area contributed by atoms with Gasteiger partial charge in [0, 0.05) is 18.3 Å². The number of ether oxygens (including phenoxy) is 2. The molecule has 2 N–H and O–H groups in total. The van der Waals surface area contributed by atoms with Gasteiger partial charge < -0.3 is 20.1 Å². The van der Waals surface area contributed by atoms with E-state index in [4.69, 9.17) is 9.47 Å². The van der Waals surface area contributed by atoms with Gasteiger partial charge in [-0.1, -0.05) is 25.1 Å². The Balaban J connectivity index is 2.04. The van der Waals surface area contributed by atoms with Crippen LogP contribution in [0.4, 0.5) is 10.5 Å². The molecule has 0 heterocycles. The minimum Gasteiger partial charge on any atom is -0.497 e. The van der Waals surface area contributed by atoms with E-state index in [2.05, 4.69) is 17.6 Å². The van der Waals surface area contributed by atoms with Crippen LogP contribution in [0.15, 0.2) is 36.4 Å². The van der Waals surface area contributed by atoms with E-state index in [1.54, 1.807) is 20.3 Å². The molecule has 0 aliphatic carbocycles. The molecule has 0 saturated carbocycles. The van der Waals surface area contributed by atoms with E-state index in [0.29, 0.717) is 18.0 Å². The third-order valence-electron chi connectivity index (χ3n) is 3.84. The van der Waals surface area contributed by atoms with Gasteiger partial charge in [0.2, 0.25) is 0 Å². The van der Waals surface area contributed by atoms with Gasteiger partial charge in [-0.2, -0.15) is 0 Å². The average molecular weight is 328 g/mol. The number of anilines is 1. The van der Waals surface area contributed by atoms with Crippen molar-refractivity contribution >= 4 is 11.7 Å². The van der Waals surface area contributed by atoms with Gasteiger partial charge in [0.1, 0.15) is 11.5 Å². The maximum Gasteiger partial charge on any atom is 0.319 e. The van der Waals surface area contributed by atoms with Crippen LogP contribution in [0.1, 0.15) is 23.6 Å².